The van der Waals surface area contributed by atoms with Gasteiger partial charge in [0.1, 0.15) is 0 Å². The largest absolute Gasteiger partial charge is 0.295 e. The number of carbonyl (C=O) groups is 3. The minimum absolute atomic E-state index is 0.0434. The molecule has 0 aromatic heterocycles. The van der Waals surface area contributed by atoms with Gasteiger partial charge in [-0.05, 0) is 43.2 Å². The maximum absolute atomic E-state index is 13.1. The minimum atomic E-state index is -3.81. The van der Waals surface area contributed by atoms with Crippen LogP contribution in [0.1, 0.15) is 28.4 Å². The lowest BCUT2D eigenvalue weighted by atomic mass is 10.0. The van der Waals surface area contributed by atoms with E-state index in [-0.39, 0.29) is 29.3 Å². The molecular formula is C23H19NO5S. The standard InChI is InChI=1S/C23H19NO5S/c1-14-7-9-17(10-8-14)30(28,29)24-12-16(21(13-24)15(2)25)11-20-18-5-3-4-6-19(18)22(26)23(20)27/h3-11H,12-13H2,1-2H3/b20-11-. The van der Waals surface area contributed by atoms with Crippen LogP contribution in [0.3, 0.4) is 0 Å². The van der Waals surface area contributed by atoms with Gasteiger partial charge in [-0.3, -0.25) is 14.4 Å². The van der Waals surface area contributed by atoms with Crippen molar-refractivity contribution in [2.45, 2.75) is 18.7 Å². The Hall–Kier alpha value is -3.16. The van der Waals surface area contributed by atoms with E-state index in [0.29, 0.717) is 22.3 Å². The average Bonchev–Trinajstić information content (AvgIpc) is 3.25. The fourth-order valence-corrected chi connectivity index (χ4v) is 5.11. The van der Waals surface area contributed by atoms with Crippen molar-refractivity contribution in [2.75, 3.05) is 13.1 Å². The Balaban J connectivity index is 1.73. The monoisotopic (exact) mass is 421 g/mol. The molecular weight excluding hydrogens is 402 g/mol. The summed E-state index contributed by atoms with van der Waals surface area (Å²) in [7, 11) is -3.81. The van der Waals surface area contributed by atoms with Crippen LogP contribution in [-0.2, 0) is 19.6 Å². The highest BCUT2D eigenvalue weighted by Gasteiger charge is 2.36. The van der Waals surface area contributed by atoms with Gasteiger partial charge in [0.15, 0.2) is 5.78 Å². The summed E-state index contributed by atoms with van der Waals surface area (Å²) in [6.45, 7) is 3.11. The number of nitrogens with zero attached hydrogens (tertiary/aromatic N) is 1. The number of aryl methyl sites for hydroxylation is 1. The van der Waals surface area contributed by atoms with Gasteiger partial charge >= 0.3 is 0 Å². The molecule has 2 aromatic rings. The quantitative estimate of drug-likeness (QED) is 0.559. The highest BCUT2D eigenvalue weighted by atomic mass is 32.2. The smallest absolute Gasteiger partial charge is 0.243 e. The average molecular weight is 421 g/mol. The van der Waals surface area contributed by atoms with Crippen LogP contribution in [0.4, 0.5) is 0 Å². The molecule has 0 unspecified atom stereocenters. The van der Waals surface area contributed by atoms with Crippen LogP contribution in [0, 0.1) is 6.92 Å². The van der Waals surface area contributed by atoms with E-state index < -0.39 is 21.6 Å². The number of hydrogen-bond donors (Lipinski definition) is 0. The van der Waals surface area contributed by atoms with Crippen molar-refractivity contribution in [1.29, 1.82) is 0 Å². The summed E-state index contributed by atoms with van der Waals surface area (Å²) in [4.78, 5) is 37.1. The van der Waals surface area contributed by atoms with Gasteiger partial charge in [-0.15, -0.1) is 0 Å². The molecule has 0 fully saturated rings. The summed E-state index contributed by atoms with van der Waals surface area (Å²) in [5, 5.41) is 0. The van der Waals surface area contributed by atoms with Crippen LogP contribution >= 0.6 is 0 Å². The molecule has 0 atom stereocenters. The highest BCUT2D eigenvalue weighted by Crippen LogP contribution is 2.33. The first-order valence-electron chi connectivity index (χ1n) is 9.40. The first-order valence-corrected chi connectivity index (χ1v) is 10.8. The van der Waals surface area contributed by atoms with Crippen LogP contribution in [0.5, 0.6) is 0 Å². The van der Waals surface area contributed by atoms with E-state index >= 15 is 0 Å². The normalized spacial score (nSPS) is 18.4. The molecule has 1 aliphatic carbocycles. The zero-order valence-electron chi connectivity index (χ0n) is 16.5. The molecule has 0 bridgehead atoms. The Morgan fingerprint density at radius 3 is 2.20 bits per heavy atom. The summed E-state index contributed by atoms with van der Waals surface area (Å²) < 4.78 is 27.3. The molecule has 1 aliphatic heterocycles. The lowest BCUT2D eigenvalue weighted by molar-refractivity contribution is -0.113. The molecule has 4 rings (SSSR count). The molecule has 2 aliphatic rings. The van der Waals surface area contributed by atoms with Crippen LogP contribution < -0.4 is 0 Å². The maximum Gasteiger partial charge on any atom is 0.243 e. The molecule has 0 spiro atoms. The first-order chi connectivity index (χ1) is 14.2. The Labute approximate surface area is 174 Å². The van der Waals surface area contributed by atoms with Crippen molar-refractivity contribution in [3.63, 3.8) is 0 Å². The SMILES string of the molecule is CC(=O)C1=C(/C=C2\C(=O)C(=O)c3ccccc32)CN(S(=O)(=O)c2ccc(C)cc2)C1. The summed E-state index contributed by atoms with van der Waals surface area (Å²) in [5.74, 6) is -1.51. The number of fused-ring (bicyclic) bond motifs is 1. The number of rotatable bonds is 4. The second-order valence-corrected chi connectivity index (χ2v) is 9.35. The van der Waals surface area contributed by atoms with E-state index in [9.17, 15) is 22.8 Å². The van der Waals surface area contributed by atoms with Gasteiger partial charge in [0.05, 0.1) is 4.90 Å². The summed E-state index contributed by atoms with van der Waals surface area (Å²) >= 11 is 0. The molecule has 0 N–H and O–H groups in total. The van der Waals surface area contributed by atoms with Gasteiger partial charge in [-0.2, -0.15) is 4.31 Å². The predicted octanol–water partition coefficient (Wildman–Crippen LogP) is 2.73. The Morgan fingerprint density at radius 1 is 0.933 bits per heavy atom. The summed E-state index contributed by atoms with van der Waals surface area (Å²) in [6.07, 6.45) is 1.49. The molecule has 0 radical (unpaired) electrons. The Morgan fingerprint density at radius 2 is 1.57 bits per heavy atom. The first kappa shape index (κ1) is 20.1. The number of sulfonamides is 1. The number of carbonyl (C=O) groups excluding carboxylic acids is 3. The van der Waals surface area contributed by atoms with Gasteiger partial charge < -0.3 is 0 Å². The number of allylic oxidation sites excluding steroid dienone is 1. The second-order valence-electron chi connectivity index (χ2n) is 7.41. The van der Waals surface area contributed by atoms with Crippen LogP contribution in [0.15, 0.2) is 70.6 Å². The third-order valence-electron chi connectivity index (χ3n) is 5.38. The molecule has 0 saturated carbocycles. The zero-order valence-corrected chi connectivity index (χ0v) is 17.3. The van der Waals surface area contributed by atoms with Crippen molar-refractivity contribution in [3.05, 3.63) is 82.4 Å². The van der Waals surface area contributed by atoms with E-state index in [1.165, 1.54) is 29.4 Å². The summed E-state index contributed by atoms with van der Waals surface area (Å²) in [5.41, 5.74) is 2.71. The van der Waals surface area contributed by atoms with E-state index in [2.05, 4.69) is 0 Å². The van der Waals surface area contributed by atoms with E-state index in [0.717, 1.165) is 5.56 Å². The molecule has 1 heterocycles. The van der Waals surface area contributed by atoms with E-state index in [4.69, 9.17) is 0 Å². The molecule has 0 saturated heterocycles. The van der Waals surface area contributed by atoms with Crippen molar-refractivity contribution in [2.24, 2.45) is 0 Å². The number of ketones is 3. The lowest BCUT2D eigenvalue weighted by Gasteiger charge is -2.16. The molecule has 6 nitrogen and oxygen atoms in total. The fourth-order valence-electron chi connectivity index (χ4n) is 3.72. The third-order valence-corrected chi connectivity index (χ3v) is 7.19. The van der Waals surface area contributed by atoms with Crippen molar-refractivity contribution in [1.82, 2.24) is 4.31 Å². The maximum atomic E-state index is 13.1. The number of hydrogen-bond acceptors (Lipinski definition) is 5. The Kier molecular flexibility index (Phi) is 4.88. The van der Waals surface area contributed by atoms with Gasteiger partial charge in [0, 0.05) is 29.8 Å². The van der Waals surface area contributed by atoms with Crippen molar-refractivity contribution >= 4 is 32.9 Å². The minimum Gasteiger partial charge on any atom is -0.295 e. The van der Waals surface area contributed by atoms with E-state index in [1.807, 2.05) is 6.92 Å². The van der Waals surface area contributed by atoms with E-state index in [1.54, 1.807) is 36.4 Å². The molecule has 2 aromatic carbocycles. The van der Waals surface area contributed by atoms with Gasteiger partial charge in [0.2, 0.25) is 21.6 Å². The van der Waals surface area contributed by atoms with Gasteiger partial charge in [-0.1, -0.05) is 42.0 Å². The van der Waals surface area contributed by atoms with Crippen LogP contribution in [-0.4, -0.2) is 43.2 Å². The van der Waals surface area contributed by atoms with Gasteiger partial charge in [-0.25, -0.2) is 8.42 Å². The molecule has 0 amide bonds. The third kappa shape index (κ3) is 3.26. The van der Waals surface area contributed by atoms with Crippen LogP contribution in [0.2, 0.25) is 0 Å². The van der Waals surface area contributed by atoms with Gasteiger partial charge in [0.25, 0.3) is 0 Å². The number of Topliss-reactive ketones (excluding diaryl/α,β-unsaturated/α-hetero) is 3. The predicted molar refractivity (Wildman–Crippen MR) is 111 cm³/mol. The second kappa shape index (κ2) is 7.27. The molecule has 152 valence electrons. The van der Waals surface area contributed by atoms with Crippen LogP contribution in [0.25, 0.3) is 5.57 Å². The topological polar surface area (TPSA) is 88.6 Å². The number of benzene rings is 2. The highest BCUT2D eigenvalue weighted by molar-refractivity contribution is 7.89. The zero-order chi connectivity index (χ0) is 21.6. The lowest BCUT2D eigenvalue weighted by Crippen LogP contribution is -2.30. The summed E-state index contributed by atoms with van der Waals surface area (Å²) in [6, 6.07) is 13.2. The fraction of sp³-hybridized carbons (Fsp3) is 0.174. The molecule has 7 heteroatoms. The Bertz CT molecular complexity index is 1270. The molecule has 30 heavy (non-hydrogen) atoms. The van der Waals surface area contributed by atoms with Crippen molar-refractivity contribution in [3.8, 4) is 0 Å². The van der Waals surface area contributed by atoms with Crippen molar-refractivity contribution < 1.29 is 22.8 Å².